The molecule has 1 amide bonds. The largest absolute Gasteiger partial charge is 0.482 e. The van der Waals surface area contributed by atoms with E-state index < -0.39 is 24.5 Å². The molecule has 0 aliphatic rings. The van der Waals surface area contributed by atoms with Gasteiger partial charge >= 0.3 is 5.97 Å². The minimum absolute atomic E-state index is 0.170. The van der Waals surface area contributed by atoms with Crippen molar-refractivity contribution in [2.75, 3.05) is 13.2 Å². The smallest absolute Gasteiger partial charge is 0.344 e. The van der Waals surface area contributed by atoms with Gasteiger partial charge in [0, 0.05) is 4.47 Å². The molecule has 0 fully saturated rings. The van der Waals surface area contributed by atoms with Crippen LogP contribution >= 0.6 is 15.9 Å². The Morgan fingerprint density at radius 3 is 2.44 bits per heavy atom. The second-order valence-corrected chi connectivity index (χ2v) is 6.74. The summed E-state index contributed by atoms with van der Waals surface area (Å²) in [6.45, 7) is 0.620. The van der Waals surface area contributed by atoms with Crippen molar-refractivity contribution in [3.63, 3.8) is 0 Å². The van der Waals surface area contributed by atoms with Gasteiger partial charge in [-0.3, -0.25) is 9.59 Å². The van der Waals surface area contributed by atoms with E-state index >= 15 is 0 Å². The number of esters is 1. The van der Waals surface area contributed by atoms with Crippen molar-refractivity contribution >= 4 is 33.6 Å². The molecule has 0 spiro atoms. The van der Waals surface area contributed by atoms with E-state index in [0.29, 0.717) is 12.2 Å². The minimum atomic E-state index is -0.674. The van der Waals surface area contributed by atoms with Crippen molar-refractivity contribution < 1.29 is 23.9 Å². The number of ether oxygens (including phenoxy) is 2. The number of benzene rings is 2. The Kier molecular flexibility index (Phi) is 8.00. The van der Waals surface area contributed by atoms with Gasteiger partial charge in [-0.2, -0.15) is 0 Å². The highest BCUT2D eigenvalue weighted by atomic mass is 79.9. The molecule has 0 aliphatic heterocycles. The summed E-state index contributed by atoms with van der Waals surface area (Å²) >= 11 is 3.30. The number of rotatable bonds is 9. The van der Waals surface area contributed by atoms with Crippen molar-refractivity contribution in [3.05, 3.63) is 64.6 Å². The van der Waals surface area contributed by atoms with E-state index in [1.807, 2.05) is 36.4 Å². The Labute approximate surface area is 166 Å². The standard InChI is InChI=1S/C20H20BrNO5/c1-14(23)18(10-15-6-3-2-4-7-15)22-19(24)12-27-20(25)13-26-17-9-5-8-16(21)11-17/h2-9,11,18H,10,12-13H2,1H3,(H,22,24). The van der Waals surface area contributed by atoms with Gasteiger partial charge in [0.05, 0.1) is 6.04 Å². The lowest BCUT2D eigenvalue weighted by Gasteiger charge is -2.16. The van der Waals surface area contributed by atoms with Crippen LogP contribution in [0.4, 0.5) is 0 Å². The van der Waals surface area contributed by atoms with Crippen LogP contribution in [0.2, 0.25) is 0 Å². The highest BCUT2D eigenvalue weighted by molar-refractivity contribution is 9.10. The zero-order chi connectivity index (χ0) is 19.6. The Hall–Kier alpha value is -2.67. The first-order chi connectivity index (χ1) is 12.9. The predicted molar refractivity (Wildman–Crippen MR) is 103 cm³/mol. The third-order valence-corrected chi connectivity index (χ3v) is 4.12. The van der Waals surface area contributed by atoms with Crippen LogP contribution < -0.4 is 10.1 Å². The number of carbonyl (C=O) groups is 3. The van der Waals surface area contributed by atoms with Crippen LogP contribution in [0.5, 0.6) is 5.75 Å². The van der Waals surface area contributed by atoms with E-state index in [9.17, 15) is 14.4 Å². The summed E-state index contributed by atoms with van der Waals surface area (Å²) in [4.78, 5) is 35.5. The lowest BCUT2D eigenvalue weighted by Crippen LogP contribution is -2.43. The van der Waals surface area contributed by atoms with Gasteiger partial charge in [-0.05, 0) is 37.1 Å². The van der Waals surface area contributed by atoms with Gasteiger partial charge in [0.2, 0.25) is 0 Å². The van der Waals surface area contributed by atoms with Gasteiger partial charge in [0.25, 0.3) is 5.91 Å². The molecule has 0 heterocycles. The maximum Gasteiger partial charge on any atom is 0.344 e. The number of carbonyl (C=O) groups excluding carboxylic acids is 3. The molecule has 0 saturated carbocycles. The van der Waals surface area contributed by atoms with Crippen molar-refractivity contribution in [2.24, 2.45) is 0 Å². The quantitative estimate of drug-likeness (QED) is 0.614. The van der Waals surface area contributed by atoms with E-state index in [-0.39, 0.29) is 12.4 Å². The molecule has 0 aromatic heterocycles. The normalized spacial score (nSPS) is 11.3. The fraction of sp³-hybridized carbons (Fsp3) is 0.250. The molecule has 1 N–H and O–H groups in total. The van der Waals surface area contributed by atoms with Crippen LogP contribution in [0.25, 0.3) is 0 Å². The van der Waals surface area contributed by atoms with Crippen LogP contribution in [-0.4, -0.2) is 36.9 Å². The predicted octanol–water partition coefficient (Wildman–Crippen LogP) is 2.69. The number of hydrogen-bond donors (Lipinski definition) is 1. The lowest BCUT2D eigenvalue weighted by molar-refractivity contribution is -0.150. The van der Waals surface area contributed by atoms with Crippen molar-refractivity contribution in [1.82, 2.24) is 5.32 Å². The Morgan fingerprint density at radius 2 is 1.78 bits per heavy atom. The average molecular weight is 434 g/mol. The summed E-state index contributed by atoms with van der Waals surface area (Å²) in [5, 5.41) is 2.59. The number of ketones is 1. The van der Waals surface area contributed by atoms with Gasteiger partial charge in [-0.15, -0.1) is 0 Å². The molecule has 0 saturated heterocycles. The molecule has 2 aromatic rings. The summed E-state index contributed by atoms with van der Waals surface area (Å²) in [5.41, 5.74) is 0.928. The molecule has 0 aliphatic carbocycles. The molecular weight excluding hydrogens is 414 g/mol. The second kappa shape index (κ2) is 10.5. The van der Waals surface area contributed by atoms with Gasteiger partial charge < -0.3 is 14.8 Å². The van der Waals surface area contributed by atoms with Crippen molar-refractivity contribution in [2.45, 2.75) is 19.4 Å². The number of halogens is 1. The Balaban J connectivity index is 1.76. The topological polar surface area (TPSA) is 81.7 Å². The third-order valence-electron chi connectivity index (χ3n) is 3.63. The molecular formula is C20H20BrNO5. The first kappa shape index (κ1) is 20.6. The molecule has 2 aromatic carbocycles. The number of amides is 1. The SMILES string of the molecule is CC(=O)C(Cc1ccccc1)NC(=O)COC(=O)COc1cccc(Br)c1. The maximum atomic E-state index is 12.0. The van der Waals surface area contributed by atoms with Crippen LogP contribution in [0.3, 0.4) is 0 Å². The lowest BCUT2D eigenvalue weighted by atomic mass is 10.0. The number of Topliss-reactive ketones (excluding diaryl/α,β-unsaturated/α-hetero) is 1. The highest BCUT2D eigenvalue weighted by Gasteiger charge is 2.18. The fourth-order valence-electron chi connectivity index (χ4n) is 2.27. The van der Waals surface area contributed by atoms with E-state index in [1.165, 1.54) is 6.92 Å². The molecule has 7 heteroatoms. The highest BCUT2D eigenvalue weighted by Crippen LogP contribution is 2.17. The average Bonchev–Trinajstić information content (AvgIpc) is 2.65. The monoisotopic (exact) mass is 433 g/mol. The van der Waals surface area contributed by atoms with Gasteiger partial charge in [-0.1, -0.05) is 52.3 Å². The van der Waals surface area contributed by atoms with E-state index in [1.54, 1.807) is 18.2 Å². The van der Waals surface area contributed by atoms with Gasteiger partial charge in [0.1, 0.15) is 5.75 Å². The Bertz CT molecular complexity index is 794. The third kappa shape index (κ3) is 7.62. The zero-order valence-corrected chi connectivity index (χ0v) is 16.4. The minimum Gasteiger partial charge on any atom is -0.482 e. The molecule has 6 nitrogen and oxygen atoms in total. The molecule has 142 valence electrons. The van der Waals surface area contributed by atoms with E-state index in [4.69, 9.17) is 9.47 Å². The second-order valence-electron chi connectivity index (χ2n) is 5.83. The van der Waals surface area contributed by atoms with Crippen LogP contribution in [-0.2, 0) is 25.5 Å². The molecule has 27 heavy (non-hydrogen) atoms. The zero-order valence-electron chi connectivity index (χ0n) is 14.8. The first-order valence-corrected chi connectivity index (χ1v) is 9.11. The Morgan fingerprint density at radius 1 is 1.04 bits per heavy atom. The van der Waals surface area contributed by atoms with Gasteiger partial charge in [-0.25, -0.2) is 4.79 Å². The van der Waals surface area contributed by atoms with E-state index in [2.05, 4.69) is 21.2 Å². The molecule has 0 bridgehead atoms. The van der Waals surface area contributed by atoms with Crippen LogP contribution in [0, 0.1) is 0 Å². The summed E-state index contributed by atoms with van der Waals surface area (Å²) < 4.78 is 11.0. The van der Waals surface area contributed by atoms with Crippen molar-refractivity contribution in [1.29, 1.82) is 0 Å². The maximum absolute atomic E-state index is 12.0. The van der Waals surface area contributed by atoms with Crippen molar-refractivity contribution in [3.8, 4) is 5.75 Å². The van der Waals surface area contributed by atoms with Crippen LogP contribution in [0.15, 0.2) is 59.1 Å². The fourth-order valence-corrected chi connectivity index (χ4v) is 2.65. The number of nitrogens with one attached hydrogen (secondary N) is 1. The molecule has 2 rings (SSSR count). The van der Waals surface area contributed by atoms with E-state index in [0.717, 1.165) is 10.0 Å². The summed E-state index contributed by atoms with van der Waals surface area (Å²) in [7, 11) is 0. The number of hydrogen-bond acceptors (Lipinski definition) is 5. The van der Waals surface area contributed by atoms with Gasteiger partial charge in [0.15, 0.2) is 19.0 Å². The summed E-state index contributed by atoms with van der Waals surface area (Å²) in [6, 6.07) is 15.7. The molecule has 1 unspecified atom stereocenters. The first-order valence-electron chi connectivity index (χ1n) is 8.32. The summed E-state index contributed by atoms with van der Waals surface area (Å²) in [6.07, 6.45) is 0.377. The molecule has 0 radical (unpaired) electrons. The summed E-state index contributed by atoms with van der Waals surface area (Å²) in [5.74, 6) is -0.878. The molecule has 1 atom stereocenters. The van der Waals surface area contributed by atoms with Crippen LogP contribution in [0.1, 0.15) is 12.5 Å².